The maximum absolute atomic E-state index is 12.4. The molecule has 24 heavy (non-hydrogen) atoms. The van der Waals surface area contributed by atoms with Gasteiger partial charge in [0.15, 0.2) is 0 Å². The largest absolute Gasteiger partial charge is 0.445 e. The van der Waals surface area contributed by atoms with Crippen molar-refractivity contribution in [2.45, 2.75) is 31.8 Å². The van der Waals surface area contributed by atoms with Gasteiger partial charge in [0.1, 0.15) is 0 Å². The molecule has 2 N–H and O–H groups in total. The van der Waals surface area contributed by atoms with E-state index >= 15 is 0 Å². The molecule has 0 radical (unpaired) electrons. The van der Waals surface area contributed by atoms with Gasteiger partial charge in [0, 0.05) is 12.2 Å². The number of hydrogen-bond donors (Lipinski definition) is 2. The van der Waals surface area contributed by atoms with Crippen molar-refractivity contribution in [3.8, 4) is 0 Å². The van der Waals surface area contributed by atoms with Crippen LogP contribution in [0.1, 0.15) is 24.4 Å². The van der Waals surface area contributed by atoms with E-state index in [1.165, 1.54) is 0 Å². The van der Waals surface area contributed by atoms with Crippen molar-refractivity contribution < 1.29 is 21.6 Å². The van der Waals surface area contributed by atoms with E-state index < -0.39 is 26.5 Å². The quantitative estimate of drug-likeness (QED) is 0.803. The summed E-state index contributed by atoms with van der Waals surface area (Å²) in [5, 5.41) is 7.74. The van der Waals surface area contributed by atoms with Crippen LogP contribution in [0.5, 0.6) is 0 Å². The van der Waals surface area contributed by atoms with Gasteiger partial charge in [-0.05, 0) is 31.5 Å². The lowest BCUT2D eigenvalue weighted by Crippen LogP contribution is -2.22. The molecule has 6 nitrogen and oxygen atoms in total. The van der Waals surface area contributed by atoms with Crippen LogP contribution in [-0.2, 0) is 22.7 Å². The van der Waals surface area contributed by atoms with Gasteiger partial charge in [0.2, 0.25) is 20.2 Å². The van der Waals surface area contributed by atoms with Crippen LogP contribution in [0.15, 0.2) is 24.3 Å². The van der Waals surface area contributed by atoms with Crippen LogP contribution in [0.2, 0.25) is 0 Å². The lowest BCUT2D eigenvalue weighted by molar-refractivity contribution is -0.138. The van der Waals surface area contributed by atoms with Crippen LogP contribution in [-0.4, -0.2) is 23.9 Å². The van der Waals surface area contributed by atoms with E-state index in [1.807, 2.05) is 0 Å². The van der Waals surface area contributed by atoms with Crippen molar-refractivity contribution in [3.63, 3.8) is 0 Å². The molecular formula is C13H15F3N4O2S2. The lowest BCUT2D eigenvalue weighted by Gasteiger charge is -2.11. The summed E-state index contributed by atoms with van der Waals surface area (Å²) >= 11 is 0.423. The number of sulfonamides is 1. The maximum Gasteiger partial charge on any atom is 0.445 e. The predicted octanol–water partition coefficient (Wildman–Crippen LogP) is 3.32. The first-order chi connectivity index (χ1) is 11.1. The molecule has 0 aliphatic heterocycles. The Bertz CT molecular complexity index is 786. The normalized spacial score (nSPS) is 12.4. The van der Waals surface area contributed by atoms with Crippen molar-refractivity contribution in [2.24, 2.45) is 0 Å². The molecule has 0 atom stereocenters. The third-order valence-corrected chi connectivity index (χ3v) is 5.63. The number of halogens is 3. The maximum atomic E-state index is 12.4. The van der Waals surface area contributed by atoms with Gasteiger partial charge < -0.3 is 5.32 Å². The van der Waals surface area contributed by atoms with Gasteiger partial charge in [-0.2, -0.15) is 13.2 Å². The van der Waals surface area contributed by atoms with Gasteiger partial charge in [0.05, 0.1) is 5.25 Å². The average molecular weight is 380 g/mol. The second kappa shape index (κ2) is 6.93. The number of rotatable bonds is 6. The van der Waals surface area contributed by atoms with E-state index in [9.17, 15) is 21.6 Å². The Balaban J connectivity index is 1.96. The Kier molecular flexibility index (Phi) is 5.33. The first-order valence-electron chi connectivity index (χ1n) is 6.83. The van der Waals surface area contributed by atoms with Gasteiger partial charge in [-0.1, -0.05) is 23.5 Å². The van der Waals surface area contributed by atoms with Crippen molar-refractivity contribution >= 4 is 32.2 Å². The Morgan fingerprint density at radius 3 is 2.29 bits per heavy atom. The minimum absolute atomic E-state index is 0.0620. The van der Waals surface area contributed by atoms with Gasteiger partial charge in [-0.3, -0.25) is 4.72 Å². The summed E-state index contributed by atoms with van der Waals surface area (Å²) < 4.78 is 63.2. The molecule has 0 saturated carbocycles. The van der Waals surface area contributed by atoms with Crippen LogP contribution in [0.4, 0.5) is 24.0 Å². The first kappa shape index (κ1) is 18.5. The zero-order valence-electron chi connectivity index (χ0n) is 12.8. The molecule has 1 aromatic carbocycles. The number of alkyl halides is 3. The van der Waals surface area contributed by atoms with Crippen LogP contribution >= 0.6 is 11.3 Å². The van der Waals surface area contributed by atoms with Gasteiger partial charge >= 0.3 is 6.18 Å². The number of hydrogen-bond acceptors (Lipinski definition) is 6. The molecular weight excluding hydrogens is 365 g/mol. The number of nitrogens with one attached hydrogen (secondary N) is 2. The monoisotopic (exact) mass is 380 g/mol. The van der Waals surface area contributed by atoms with Crippen molar-refractivity contribution in [2.75, 3.05) is 10.0 Å². The van der Waals surface area contributed by atoms with Crippen LogP contribution in [0, 0.1) is 0 Å². The zero-order valence-corrected chi connectivity index (χ0v) is 14.4. The van der Waals surface area contributed by atoms with Gasteiger partial charge in [0.25, 0.3) is 0 Å². The molecule has 0 bridgehead atoms. The van der Waals surface area contributed by atoms with Crippen LogP contribution in [0.3, 0.4) is 0 Å². The Morgan fingerprint density at radius 1 is 1.17 bits per heavy atom. The summed E-state index contributed by atoms with van der Waals surface area (Å²) in [7, 11) is -3.42. The third-order valence-electron chi connectivity index (χ3n) is 2.95. The van der Waals surface area contributed by atoms with E-state index in [4.69, 9.17) is 0 Å². The molecule has 0 fully saturated rings. The molecule has 1 aromatic heterocycles. The first-order valence-corrected chi connectivity index (χ1v) is 9.19. The molecule has 0 saturated heterocycles. The van der Waals surface area contributed by atoms with Crippen LogP contribution < -0.4 is 10.0 Å². The van der Waals surface area contributed by atoms with E-state index in [0.717, 1.165) is 5.56 Å². The van der Waals surface area contributed by atoms with E-state index in [0.29, 0.717) is 17.0 Å². The molecule has 0 spiro atoms. The minimum Gasteiger partial charge on any atom is -0.356 e. The minimum atomic E-state index is -4.51. The zero-order chi connectivity index (χ0) is 18.0. The molecule has 1 heterocycles. The number of aromatic nitrogens is 2. The third kappa shape index (κ3) is 4.81. The van der Waals surface area contributed by atoms with Crippen LogP contribution in [0.25, 0.3) is 0 Å². The van der Waals surface area contributed by atoms with E-state index in [1.54, 1.807) is 38.1 Å². The smallest absolute Gasteiger partial charge is 0.356 e. The molecule has 0 unspecified atom stereocenters. The summed E-state index contributed by atoms with van der Waals surface area (Å²) in [5.41, 5.74) is 1.17. The van der Waals surface area contributed by atoms with E-state index in [2.05, 4.69) is 20.2 Å². The highest BCUT2D eigenvalue weighted by atomic mass is 32.2. The van der Waals surface area contributed by atoms with Crippen molar-refractivity contribution in [3.05, 3.63) is 34.8 Å². The summed E-state index contributed by atoms with van der Waals surface area (Å²) in [6, 6.07) is 6.49. The summed E-state index contributed by atoms with van der Waals surface area (Å²) in [6.07, 6.45) is -4.51. The highest BCUT2D eigenvalue weighted by molar-refractivity contribution is 7.93. The Labute approximate surface area is 141 Å². The molecule has 0 amide bonds. The van der Waals surface area contributed by atoms with Crippen molar-refractivity contribution in [1.82, 2.24) is 10.2 Å². The van der Waals surface area contributed by atoms with Crippen molar-refractivity contribution in [1.29, 1.82) is 0 Å². The molecule has 132 valence electrons. The fourth-order valence-electron chi connectivity index (χ4n) is 1.56. The molecule has 11 heteroatoms. The second-order valence-electron chi connectivity index (χ2n) is 5.16. The molecule has 0 aliphatic carbocycles. The van der Waals surface area contributed by atoms with E-state index in [-0.39, 0.29) is 11.7 Å². The highest BCUT2D eigenvalue weighted by Gasteiger charge is 2.35. The fraction of sp³-hybridized carbons (Fsp3) is 0.385. The number of benzene rings is 1. The number of nitrogens with zero attached hydrogens (tertiary/aromatic N) is 2. The molecule has 0 aliphatic rings. The summed E-state index contributed by atoms with van der Waals surface area (Å²) in [6.45, 7) is 3.37. The molecule has 2 aromatic rings. The SMILES string of the molecule is CC(C)S(=O)(=O)Nc1ccc(CNc2nnc(C(F)(F)F)s2)cc1. The number of anilines is 2. The Hall–Kier alpha value is -1.88. The topological polar surface area (TPSA) is 84.0 Å². The average Bonchev–Trinajstić information content (AvgIpc) is 2.95. The molecule has 2 rings (SSSR count). The summed E-state index contributed by atoms with van der Waals surface area (Å²) in [4.78, 5) is 0. The Morgan fingerprint density at radius 2 is 1.79 bits per heavy atom. The summed E-state index contributed by atoms with van der Waals surface area (Å²) in [5.74, 6) is 0. The highest BCUT2D eigenvalue weighted by Crippen LogP contribution is 2.33. The van der Waals surface area contributed by atoms with Gasteiger partial charge in [-0.15, -0.1) is 10.2 Å². The standard InChI is InChI=1S/C13H15F3N4O2S2/c1-8(2)24(21,22)20-10-5-3-9(4-6-10)7-17-12-19-18-11(23-12)13(14,15)16/h3-6,8,20H,7H2,1-2H3,(H,17,19). The lowest BCUT2D eigenvalue weighted by atomic mass is 10.2. The predicted molar refractivity (Wildman–Crippen MR) is 86.4 cm³/mol. The fourth-order valence-corrected chi connectivity index (χ4v) is 2.87. The van der Waals surface area contributed by atoms with Gasteiger partial charge in [-0.25, -0.2) is 8.42 Å². The second-order valence-corrected chi connectivity index (χ2v) is 8.37.